The summed E-state index contributed by atoms with van der Waals surface area (Å²) < 4.78 is 12.1. The molecule has 2 aromatic carbocycles. The van der Waals surface area contributed by atoms with Gasteiger partial charge in [0.2, 0.25) is 5.75 Å². The van der Waals surface area contributed by atoms with E-state index in [9.17, 15) is 29.8 Å². The lowest BCUT2D eigenvalue weighted by Crippen LogP contribution is -2.37. The fourth-order valence-corrected chi connectivity index (χ4v) is 5.74. The molecule has 2 aromatic rings. The first-order valence-corrected chi connectivity index (χ1v) is 12.7. The number of hydrogen-bond donors (Lipinski definition) is 0. The summed E-state index contributed by atoms with van der Waals surface area (Å²) in [6.45, 7) is 8.05. The van der Waals surface area contributed by atoms with Crippen LogP contribution in [0, 0.1) is 31.1 Å². The Morgan fingerprint density at radius 1 is 0.821 bits per heavy atom. The standard InChI is InChI=1S/C29H28N2O8/c1-28(2)12-20(32)26-23(14-28)39-24-15-29(3,4)13-21(33)27(24)25(26)16-6-5-7-18(10-16)38-22-9-8-17(30(34)35)11-19(22)31(36)37/h5-11,25H,12-15H2,1-4H3. The first-order valence-electron chi connectivity index (χ1n) is 12.7. The molecule has 0 saturated heterocycles. The second-order valence-electron chi connectivity index (χ2n) is 11.9. The summed E-state index contributed by atoms with van der Waals surface area (Å²) in [5.41, 5.74) is 0.0196. The van der Waals surface area contributed by atoms with Gasteiger partial charge in [-0.1, -0.05) is 39.8 Å². The van der Waals surface area contributed by atoms with Crippen LogP contribution in [0.4, 0.5) is 11.4 Å². The lowest BCUT2D eigenvalue weighted by atomic mass is 9.65. The van der Waals surface area contributed by atoms with E-state index >= 15 is 0 Å². The monoisotopic (exact) mass is 532 g/mol. The molecule has 0 amide bonds. The van der Waals surface area contributed by atoms with Gasteiger partial charge in [-0.05, 0) is 34.6 Å². The Morgan fingerprint density at radius 3 is 1.95 bits per heavy atom. The van der Waals surface area contributed by atoms with Gasteiger partial charge >= 0.3 is 5.69 Å². The van der Waals surface area contributed by atoms with Gasteiger partial charge in [-0.3, -0.25) is 29.8 Å². The number of nitro benzene ring substituents is 2. The zero-order chi connectivity index (χ0) is 28.3. The Kier molecular flexibility index (Phi) is 6.16. The van der Waals surface area contributed by atoms with E-state index in [4.69, 9.17) is 9.47 Å². The summed E-state index contributed by atoms with van der Waals surface area (Å²) in [7, 11) is 0. The molecule has 0 spiro atoms. The molecule has 0 atom stereocenters. The molecule has 0 fully saturated rings. The average Bonchev–Trinajstić information content (AvgIpc) is 2.81. The average molecular weight is 533 g/mol. The van der Waals surface area contributed by atoms with Crippen LogP contribution in [0.3, 0.4) is 0 Å². The second-order valence-corrected chi connectivity index (χ2v) is 11.9. The number of carbonyl (C=O) groups excluding carboxylic acids is 2. The Hall–Kier alpha value is -4.34. The van der Waals surface area contributed by atoms with E-state index in [2.05, 4.69) is 0 Å². The zero-order valence-corrected chi connectivity index (χ0v) is 22.1. The molecule has 10 heteroatoms. The molecule has 0 unspecified atom stereocenters. The molecule has 10 nitrogen and oxygen atoms in total. The summed E-state index contributed by atoms with van der Waals surface area (Å²) in [6, 6.07) is 9.87. The minimum absolute atomic E-state index is 0.0761. The van der Waals surface area contributed by atoms with E-state index in [1.807, 2.05) is 27.7 Å². The van der Waals surface area contributed by atoms with Crippen LogP contribution in [0.15, 0.2) is 65.1 Å². The van der Waals surface area contributed by atoms with Gasteiger partial charge in [0.1, 0.15) is 17.3 Å². The number of ether oxygens (including phenoxy) is 2. The van der Waals surface area contributed by atoms with E-state index < -0.39 is 27.1 Å². The molecule has 3 aliphatic rings. The number of carbonyl (C=O) groups is 2. The number of rotatable bonds is 5. The third-order valence-corrected chi connectivity index (χ3v) is 7.35. The largest absolute Gasteiger partial charge is 0.465 e. The number of hydrogen-bond acceptors (Lipinski definition) is 8. The van der Waals surface area contributed by atoms with Crippen molar-refractivity contribution >= 4 is 22.9 Å². The van der Waals surface area contributed by atoms with E-state index in [0.717, 1.165) is 12.1 Å². The van der Waals surface area contributed by atoms with Gasteiger partial charge in [0.05, 0.1) is 15.9 Å². The number of ketones is 2. The third-order valence-electron chi connectivity index (χ3n) is 7.35. The summed E-state index contributed by atoms with van der Waals surface area (Å²) in [5.74, 6) is 0.436. The van der Waals surface area contributed by atoms with Gasteiger partial charge in [-0.25, -0.2) is 0 Å². The quantitative estimate of drug-likeness (QED) is 0.306. The molecule has 0 bridgehead atoms. The van der Waals surface area contributed by atoms with Crippen LogP contribution in [0.1, 0.15) is 64.9 Å². The zero-order valence-electron chi connectivity index (χ0n) is 22.1. The summed E-state index contributed by atoms with van der Waals surface area (Å²) in [4.78, 5) is 48.2. The van der Waals surface area contributed by atoms with E-state index in [0.29, 0.717) is 53.9 Å². The Bertz CT molecular complexity index is 1460. The first kappa shape index (κ1) is 26.3. The highest BCUT2D eigenvalue weighted by Crippen LogP contribution is 2.53. The van der Waals surface area contributed by atoms with Crippen molar-refractivity contribution in [2.75, 3.05) is 0 Å². The van der Waals surface area contributed by atoms with E-state index in [-0.39, 0.29) is 33.9 Å². The number of benzene rings is 2. The molecule has 1 aliphatic heterocycles. The van der Waals surface area contributed by atoms with Crippen molar-refractivity contribution in [3.8, 4) is 11.5 Å². The van der Waals surface area contributed by atoms with Crippen molar-refractivity contribution in [3.63, 3.8) is 0 Å². The van der Waals surface area contributed by atoms with Crippen LogP contribution >= 0.6 is 0 Å². The van der Waals surface area contributed by atoms with Gasteiger partial charge < -0.3 is 9.47 Å². The molecule has 0 saturated carbocycles. The first-order chi connectivity index (χ1) is 18.2. The highest BCUT2D eigenvalue weighted by Gasteiger charge is 2.47. The molecule has 2 aliphatic carbocycles. The minimum Gasteiger partial charge on any atom is -0.465 e. The molecule has 202 valence electrons. The van der Waals surface area contributed by atoms with Crippen molar-refractivity contribution in [2.45, 2.75) is 59.3 Å². The number of nitro groups is 2. The molecule has 39 heavy (non-hydrogen) atoms. The molecule has 0 aromatic heterocycles. The summed E-state index contributed by atoms with van der Waals surface area (Å²) in [5, 5.41) is 22.7. The topological polar surface area (TPSA) is 139 Å². The molecular formula is C29H28N2O8. The second kappa shape index (κ2) is 9.14. The molecule has 5 rings (SSSR count). The molecule has 0 radical (unpaired) electrons. The number of nitrogens with zero attached hydrogens (tertiary/aromatic N) is 2. The number of non-ortho nitro benzene ring substituents is 1. The fourth-order valence-electron chi connectivity index (χ4n) is 5.74. The maximum Gasteiger partial charge on any atom is 0.318 e. The van der Waals surface area contributed by atoms with E-state index in [1.165, 1.54) is 6.07 Å². The van der Waals surface area contributed by atoms with Gasteiger partial charge in [0, 0.05) is 48.8 Å². The maximum absolute atomic E-state index is 13.5. The molecule has 0 N–H and O–H groups in total. The summed E-state index contributed by atoms with van der Waals surface area (Å²) in [6.07, 6.45) is 1.75. The van der Waals surface area contributed by atoms with Crippen LogP contribution < -0.4 is 4.74 Å². The summed E-state index contributed by atoms with van der Waals surface area (Å²) >= 11 is 0. The maximum atomic E-state index is 13.5. The van der Waals surface area contributed by atoms with Crippen LogP contribution in [0.5, 0.6) is 11.5 Å². The molecule has 1 heterocycles. The predicted octanol–water partition coefficient (Wildman–Crippen LogP) is 6.70. The number of allylic oxidation sites excluding steroid dienone is 4. The lowest BCUT2D eigenvalue weighted by Gasteiger charge is -2.42. The third kappa shape index (κ3) is 4.94. The Morgan fingerprint density at radius 2 is 1.41 bits per heavy atom. The van der Waals surface area contributed by atoms with Gasteiger partial charge in [0.15, 0.2) is 11.6 Å². The Balaban J connectivity index is 1.60. The molecular weight excluding hydrogens is 504 g/mol. The lowest BCUT2D eigenvalue weighted by molar-refractivity contribution is -0.394. The van der Waals surface area contributed by atoms with Gasteiger partial charge in [-0.2, -0.15) is 0 Å². The SMILES string of the molecule is CC1(C)CC(=O)C2=C(C1)OC1=C(C(=O)CC(C)(C)C1)C2c1cccc(Oc2ccc([N+](=O)[O-])cc2[N+](=O)[O-])c1. The van der Waals surface area contributed by atoms with Crippen molar-refractivity contribution < 1.29 is 28.9 Å². The van der Waals surface area contributed by atoms with Gasteiger partial charge in [0.25, 0.3) is 5.69 Å². The Labute approximate surface area is 224 Å². The van der Waals surface area contributed by atoms with Gasteiger partial charge in [-0.15, -0.1) is 0 Å². The van der Waals surface area contributed by atoms with Crippen molar-refractivity contribution in [2.24, 2.45) is 10.8 Å². The van der Waals surface area contributed by atoms with Crippen LogP contribution in [-0.4, -0.2) is 21.4 Å². The predicted molar refractivity (Wildman–Crippen MR) is 140 cm³/mol. The highest BCUT2D eigenvalue weighted by molar-refractivity contribution is 6.06. The van der Waals surface area contributed by atoms with Crippen LogP contribution in [0.25, 0.3) is 0 Å². The van der Waals surface area contributed by atoms with Crippen LogP contribution in [0.2, 0.25) is 0 Å². The van der Waals surface area contributed by atoms with Crippen molar-refractivity contribution in [3.05, 3.63) is 90.9 Å². The smallest absolute Gasteiger partial charge is 0.318 e. The van der Waals surface area contributed by atoms with Crippen molar-refractivity contribution in [1.82, 2.24) is 0 Å². The number of Topliss-reactive ketones (excluding diaryl/α,β-unsaturated/α-hetero) is 2. The highest BCUT2D eigenvalue weighted by atomic mass is 16.6. The minimum atomic E-state index is -0.746. The normalized spacial score (nSPS) is 20.2. The van der Waals surface area contributed by atoms with Crippen molar-refractivity contribution in [1.29, 1.82) is 0 Å². The van der Waals surface area contributed by atoms with E-state index in [1.54, 1.807) is 24.3 Å². The fraction of sp³-hybridized carbons (Fsp3) is 0.379. The van der Waals surface area contributed by atoms with Crippen LogP contribution in [-0.2, 0) is 14.3 Å².